The minimum atomic E-state index is -4.03. The van der Waals surface area contributed by atoms with Crippen molar-refractivity contribution >= 4 is 33.3 Å². The maximum absolute atomic E-state index is 13.6. The van der Waals surface area contributed by atoms with Gasteiger partial charge in [0.05, 0.1) is 17.6 Å². The summed E-state index contributed by atoms with van der Waals surface area (Å²) < 4.78 is 29.6. The molecular formula is C30H33N7O4S. The summed E-state index contributed by atoms with van der Waals surface area (Å²) >= 11 is 0. The number of carbonyl (C=O) groups excluding carboxylic acids is 1. The number of hydroxylamine groups is 1. The summed E-state index contributed by atoms with van der Waals surface area (Å²) in [6.45, 7) is 6.66. The summed E-state index contributed by atoms with van der Waals surface area (Å²) in [6.07, 6.45) is 5.91. The molecule has 0 radical (unpaired) electrons. The minimum absolute atomic E-state index is 0.227. The second-order valence-corrected chi connectivity index (χ2v) is 11.8. The van der Waals surface area contributed by atoms with E-state index < -0.39 is 16.0 Å². The van der Waals surface area contributed by atoms with Gasteiger partial charge in [0.15, 0.2) is 0 Å². The first-order valence-corrected chi connectivity index (χ1v) is 15.3. The molecule has 0 aliphatic carbocycles. The molecule has 42 heavy (non-hydrogen) atoms. The van der Waals surface area contributed by atoms with E-state index in [4.69, 9.17) is 4.28 Å². The molecule has 1 aliphatic rings. The fourth-order valence-electron chi connectivity index (χ4n) is 4.56. The molecule has 1 N–H and O–H groups in total. The van der Waals surface area contributed by atoms with Gasteiger partial charge in [-0.25, -0.2) is 9.97 Å². The Morgan fingerprint density at radius 2 is 1.69 bits per heavy atom. The molecule has 1 fully saturated rings. The Morgan fingerprint density at radius 1 is 0.976 bits per heavy atom. The van der Waals surface area contributed by atoms with Crippen molar-refractivity contribution in [1.29, 1.82) is 0 Å². The van der Waals surface area contributed by atoms with Crippen LogP contribution in [0.3, 0.4) is 0 Å². The number of hydrogen-bond donors (Lipinski definition) is 1. The molecule has 12 heteroatoms. The van der Waals surface area contributed by atoms with E-state index in [9.17, 15) is 13.2 Å². The van der Waals surface area contributed by atoms with E-state index in [2.05, 4.69) is 37.1 Å². The molecule has 2 aromatic carbocycles. The van der Waals surface area contributed by atoms with Crippen LogP contribution in [-0.4, -0.2) is 78.6 Å². The van der Waals surface area contributed by atoms with Crippen LogP contribution in [0.25, 0.3) is 11.3 Å². The van der Waals surface area contributed by atoms with Crippen molar-refractivity contribution in [3.63, 3.8) is 0 Å². The Balaban J connectivity index is 1.38. The molecule has 0 saturated carbocycles. The lowest BCUT2D eigenvalue weighted by atomic mass is 10.1. The van der Waals surface area contributed by atoms with Gasteiger partial charge in [0.1, 0.15) is 0 Å². The fraction of sp³-hybridized carbons (Fsp3) is 0.267. The Bertz CT molecular complexity index is 1640. The van der Waals surface area contributed by atoms with E-state index in [1.165, 1.54) is 0 Å². The average molecular weight is 588 g/mol. The number of hydrogen-bond acceptors (Lipinski definition) is 10. The summed E-state index contributed by atoms with van der Waals surface area (Å²) in [6, 6.07) is 17.7. The number of benzene rings is 2. The molecule has 1 aliphatic heterocycles. The Morgan fingerprint density at radius 3 is 2.38 bits per heavy atom. The number of piperazine rings is 1. The molecule has 0 atom stereocenters. The van der Waals surface area contributed by atoms with E-state index in [0.717, 1.165) is 60.7 Å². The number of anilines is 3. The van der Waals surface area contributed by atoms with Crippen LogP contribution in [0.1, 0.15) is 21.5 Å². The van der Waals surface area contributed by atoms with Crippen LogP contribution in [0.2, 0.25) is 0 Å². The van der Waals surface area contributed by atoms with Crippen molar-refractivity contribution in [3.8, 4) is 11.3 Å². The van der Waals surface area contributed by atoms with Gasteiger partial charge < -0.3 is 10.2 Å². The summed E-state index contributed by atoms with van der Waals surface area (Å²) in [5.74, 6) is -0.278. The van der Waals surface area contributed by atoms with Gasteiger partial charge in [-0.05, 0) is 67.6 Å². The maximum Gasteiger partial charge on any atom is 0.285 e. The largest absolute Gasteiger partial charge is 0.324 e. The molecule has 1 amide bonds. The number of pyridine rings is 1. The van der Waals surface area contributed by atoms with Gasteiger partial charge in [-0.1, -0.05) is 18.2 Å². The number of aromatic nitrogens is 3. The Labute approximate surface area is 245 Å². The van der Waals surface area contributed by atoms with E-state index in [0.29, 0.717) is 22.9 Å². The number of nitrogens with one attached hydrogen (secondary N) is 1. The number of rotatable bonds is 9. The molecule has 5 rings (SSSR count). The van der Waals surface area contributed by atoms with E-state index in [-0.39, 0.29) is 5.69 Å². The molecule has 0 unspecified atom stereocenters. The number of nitrogens with zero attached hydrogens (tertiary/aromatic N) is 6. The van der Waals surface area contributed by atoms with Gasteiger partial charge in [0.25, 0.3) is 16.0 Å². The van der Waals surface area contributed by atoms with Crippen molar-refractivity contribution in [2.24, 2.45) is 0 Å². The molecule has 2 aromatic heterocycles. The highest BCUT2D eigenvalue weighted by Crippen LogP contribution is 2.28. The summed E-state index contributed by atoms with van der Waals surface area (Å²) in [5, 5.41) is 3.97. The highest BCUT2D eigenvalue weighted by Gasteiger charge is 2.24. The first-order chi connectivity index (χ1) is 20.1. The molecule has 4 aromatic rings. The van der Waals surface area contributed by atoms with Crippen LogP contribution in [0.5, 0.6) is 0 Å². The lowest BCUT2D eigenvalue weighted by molar-refractivity contribution is 0.0886. The zero-order valence-corrected chi connectivity index (χ0v) is 24.6. The molecule has 218 valence electrons. The van der Waals surface area contributed by atoms with Gasteiger partial charge in [-0.3, -0.25) is 14.7 Å². The standard InChI is InChI=1S/C30H33N7O4S/c1-22-4-9-26(20-28(22)34-30-32-15-12-27(33-30)24-10-13-31-14-11-24)37(41-42(3,39)40)29(38)25-7-5-23(6-8-25)21-36-18-16-35(2)17-19-36/h4-15,20H,16-19,21H2,1-3H3,(H,32,33,34). The van der Waals surface area contributed by atoms with E-state index >= 15 is 0 Å². The van der Waals surface area contributed by atoms with Crippen molar-refractivity contribution < 1.29 is 17.5 Å². The van der Waals surface area contributed by atoms with Gasteiger partial charge in [-0.2, -0.15) is 13.5 Å². The summed E-state index contributed by atoms with van der Waals surface area (Å²) in [7, 11) is -1.91. The van der Waals surface area contributed by atoms with Crippen molar-refractivity contribution in [2.75, 3.05) is 49.9 Å². The fourth-order valence-corrected chi connectivity index (χ4v) is 4.98. The molecule has 0 spiro atoms. The highest BCUT2D eigenvalue weighted by atomic mass is 32.2. The first kappa shape index (κ1) is 29.3. The van der Waals surface area contributed by atoms with Crippen LogP contribution in [0.15, 0.2) is 79.3 Å². The third-order valence-electron chi connectivity index (χ3n) is 6.93. The highest BCUT2D eigenvalue weighted by molar-refractivity contribution is 7.86. The molecular weight excluding hydrogens is 554 g/mol. The molecule has 1 saturated heterocycles. The number of carbonyl (C=O) groups is 1. The third-order valence-corrected chi connectivity index (χ3v) is 7.35. The average Bonchev–Trinajstić information content (AvgIpc) is 2.98. The minimum Gasteiger partial charge on any atom is -0.324 e. The van der Waals surface area contributed by atoms with Gasteiger partial charge in [0.2, 0.25) is 5.95 Å². The summed E-state index contributed by atoms with van der Waals surface area (Å²) in [5.41, 5.74) is 4.59. The second-order valence-electron chi connectivity index (χ2n) is 10.3. The molecule has 11 nitrogen and oxygen atoms in total. The second kappa shape index (κ2) is 12.7. The Hall–Kier alpha value is -4.23. The number of amides is 1. The molecule has 3 heterocycles. The van der Waals surface area contributed by atoms with Gasteiger partial charge >= 0.3 is 0 Å². The zero-order valence-electron chi connectivity index (χ0n) is 23.8. The number of aryl methyl sites for hydroxylation is 1. The van der Waals surface area contributed by atoms with Crippen LogP contribution in [0.4, 0.5) is 17.3 Å². The molecule has 0 bridgehead atoms. The predicted octanol–water partition coefficient (Wildman–Crippen LogP) is 3.88. The van der Waals surface area contributed by atoms with E-state index in [1.54, 1.807) is 55.0 Å². The summed E-state index contributed by atoms with van der Waals surface area (Å²) in [4.78, 5) is 31.2. The SMILES string of the molecule is Cc1ccc(N(OS(C)(=O)=O)C(=O)c2ccc(CN3CCN(C)CC3)cc2)cc1Nc1nccc(-c2ccncc2)n1. The van der Waals surface area contributed by atoms with Gasteiger partial charge in [-0.15, -0.1) is 4.28 Å². The van der Waals surface area contributed by atoms with Crippen LogP contribution in [-0.2, 0) is 20.9 Å². The van der Waals surface area contributed by atoms with Crippen LogP contribution in [0, 0.1) is 6.92 Å². The third kappa shape index (κ3) is 7.53. The zero-order chi connectivity index (χ0) is 29.7. The lowest BCUT2D eigenvalue weighted by Gasteiger charge is -2.32. The first-order valence-electron chi connectivity index (χ1n) is 13.5. The monoisotopic (exact) mass is 587 g/mol. The van der Waals surface area contributed by atoms with E-state index in [1.807, 2.05) is 31.2 Å². The van der Waals surface area contributed by atoms with Crippen molar-refractivity contribution in [1.82, 2.24) is 24.8 Å². The van der Waals surface area contributed by atoms with Crippen LogP contribution >= 0.6 is 0 Å². The van der Waals surface area contributed by atoms with Gasteiger partial charge in [0, 0.05) is 68.1 Å². The van der Waals surface area contributed by atoms with Crippen LogP contribution < -0.4 is 10.4 Å². The quantitative estimate of drug-likeness (QED) is 0.289. The lowest BCUT2D eigenvalue weighted by Crippen LogP contribution is -2.43. The number of likely N-dealkylation sites (N-methyl/N-ethyl adjacent to an activating group) is 1. The predicted molar refractivity (Wildman–Crippen MR) is 162 cm³/mol. The maximum atomic E-state index is 13.6. The Kier molecular flexibility index (Phi) is 8.88. The topological polar surface area (TPSA) is 121 Å². The van der Waals surface area contributed by atoms with Crippen molar-refractivity contribution in [3.05, 3.63) is 95.9 Å². The smallest absolute Gasteiger partial charge is 0.285 e. The van der Waals surface area contributed by atoms with Crippen molar-refractivity contribution in [2.45, 2.75) is 13.5 Å². The normalized spacial score (nSPS) is 14.5.